The van der Waals surface area contributed by atoms with Gasteiger partial charge in [-0.25, -0.2) is 4.39 Å². The fraction of sp³-hybridized carbons (Fsp3) is 0.533. The van der Waals surface area contributed by atoms with Crippen LogP contribution in [0.5, 0.6) is 0 Å². The monoisotopic (exact) mass is 249 g/mol. The third-order valence-electron chi connectivity index (χ3n) is 3.80. The number of nitrogens with zero attached hydrogens (tertiary/aromatic N) is 1. The van der Waals surface area contributed by atoms with Gasteiger partial charge >= 0.3 is 0 Å². The average molecular weight is 249 g/mol. The molecule has 2 atom stereocenters. The lowest BCUT2D eigenvalue weighted by Gasteiger charge is -2.37. The summed E-state index contributed by atoms with van der Waals surface area (Å²) in [6.45, 7) is 6.84. The Labute approximate surface area is 108 Å². The number of piperidine rings is 1. The van der Waals surface area contributed by atoms with E-state index in [1.807, 2.05) is 4.90 Å². The number of carbonyl (C=O) groups excluding carboxylic acids is 1. The van der Waals surface area contributed by atoms with Crippen LogP contribution in [0.2, 0.25) is 0 Å². The highest BCUT2D eigenvalue weighted by Gasteiger charge is 2.28. The number of amides is 1. The van der Waals surface area contributed by atoms with Gasteiger partial charge in [0.2, 0.25) is 0 Å². The van der Waals surface area contributed by atoms with Gasteiger partial charge in [-0.15, -0.1) is 0 Å². The number of hydrogen-bond donors (Lipinski definition) is 0. The summed E-state index contributed by atoms with van der Waals surface area (Å²) in [6, 6.07) is 4.65. The van der Waals surface area contributed by atoms with Gasteiger partial charge < -0.3 is 4.90 Å². The van der Waals surface area contributed by atoms with Gasteiger partial charge in [-0.1, -0.05) is 6.92 Å². The molecule has 2 nitrogen and oxygen atoms in total. The van der Waals surface area contributed by atoms with Gasteiger partial charge in [-0.2, -0.15) is 0 Å². The molecule has 0 spiro atoms. The first kappa shape index (κ1) is 13.1. The topological polar surface area (TPSA) is 20.3 Å². The summed E-state index contributed by atoms with van der Waals surface area (Å²) in [4.78, 5) is 14.4. The highest BCUT2D eigenvalue weighted by atomic mass is 19.1. The van der Waals surface area contributed by atoms with Crippen molar-refractivity contribution in [3.8, 4) is 0 Å². The lowest BCUT2D eigenvalue weighted by atomic mass is 9.94. The summed E-state index contributed by atoms with van der Waals surface area (Å²) < 4.78 is 13.1. The summed E-state index contributed by atoms with van der Waals surface area (Å²) in [6.07, 6.45) is 2.22. The van der Waals surface area contributed by atoms with Crippen molar-refractivity contribution < 1.29 is 9.18 Å². The van der Waals surface area contributed by atoms with Crippen molar-refractivity contribution in [1.29, 1.82) is 0 Å². The molecule has 2 unspecified atom stereocenters. The number of benzene rings is 1. The third-order valence-corrected chi connectivity index (χ3v) is 3.80. The predicted molar refractivity (Wildman–Crippen MR) is 70.0 cm³/mol. The minimum atomic E-state index is -0.288. The van der Waals surface area contributed by atoms with Gasteiger partial charge in [0.1, 0.15) is 5.82 Å². The number of carbonyl (C=O) groups is 1. The quantitative estimate of drug-likeness (QED) is 0.747. The molecule has 0 aromatic heterocycles. The lowest BCUT2D eigenvalue weighted by Crippen LogP contribution is -2.45. The molecular weight excluding hydrogens is 229 g/mol. The number of likely N-dealkylation sites (tertiary alicyclic amines) is 1. The normalized spacial score (nSPS) is 24.1. The van der Waals surface area contributed by atoms with Gasteiger partial charge in [-0.3, -0.25) is 4.79 Å². The molecule has 1 aromatic carbocycles. The van der Waals surface area contributed by atoms with Gasteiger partial charge in [0.15, 0.2) is 0 Å². The van der Waals surface area contributed by atoms with Crippen molar-refractivity contribution >= 4 is 5.91 Å². The SMILES string of the molecule is Cc1cc(F)ccc1C(=O)N1CC(C)CCC1C. The zero-order valence-electron chi connectivity index (χ0n) is 11.2. The molecule has 1 aliphatic rings. The maximum absolute atomic E-state index is 13.1. The van der Waals surface area contributed by atoms with Crippen molar-refractivity contribution in [1.82, 2.24) is 4.90 Å². The molecule has 1 saturated heterocycles. The molecule has 0 radical (unpaired) electrons. The van der Waals surface area contributed by atoms with Gasteiger partial charge in [0, 0.05) is 18.2 Å². The first-order chi connectivity index (χ1) is 8.49. The number of hydrogen-bond acceptors (Lipinski definition) is 1. The molecule has 18 heavy (non-hydrogen) atoms. The Hall–Kier alpha value is -1.38. The van der Waals surface area contributed by atoms with Crippen molar-refractivity contribution in [3.05, 3.63) is 35.1 Å². The van der Waals surface area contributed by atoms with E-state index in [1.54, 1.807) is 13.0 Å². The number of aryl methyl sites for hydroxylation is 1. The molecule has 3 heteroatoms. The van der Waals surface area contributed by atoms with Crippen LogP contribution in [0.1, 0.15) is 42.6 Å². The van der Waals surface area contributed by atoms with Crippen molar-refractivity contribution in [2.45, 2.75) is 39.7 Å². The van der Waals surface area contributed by atoms with Crippen LogP contribution in [0.3, 0.4) is 0 Å². The number of rotatable bonds is 1. The Morgan fingerprint density at radius 2 is 2.06 bits per heavy atom. The van der Waals surface area contributed by atoms with Gasteiger partial charge in [0.05, 0.1) is 0 Å². The van der Waals surface area contributed by atoms with Crippen LogP contribution in [0.4, 0.5) is 4.39 Å². The fourth-order valence-corrected chi connectivity index (χ4v) is 2.59. The van der Waals surface area contributed by atoms with Crippen LogP contribution < -0.4 is 0 Å². The van der Waals surface area contributed by atoms with Crippen LogP contribution in [0.25, 0.3) is 0 Å². The minimum absolute atomic E-state index is 0.0338. The Morgan fingerprint density at radius 3 is 2.72 bits per heavy atom. The Bertz CT molecular complexity index is 458. The van der Waals surface area contributed by atoms with Crippen LogP contribution in [-0.2, 0) is 0 Å². The summed E-state index contributed by atoms with van der Waals surface area (Å²) in [5, 5.41) is 0. The van der Waals surface area contributed by atoms with E-state index < -0.39 is 0 Å². The van der Waals surface area contributed by atoms with Crippen molar-refractivity contribution in [2.24, 2.45) is 5.92 Å². The van der Waals surface area contributed by atoms with E-state index in [0.717, 1.165) is 13.0 Å². The number of halogens is 1. The minimum Gasteiger partial charge on any atom is -0.336 e. The Kier molecular flexibility index (Phi) is 3.69. The summed E-state index contributed by atoms with van der Waals surface area (Å²) >= 11 is 0. The molecule has 0 aliphatic carbocycles. The second-order valence-electron chi connectivity index (χ2n) is 5.45. The molecule has 1 heterocycles. The lowest BCUT2D eigenvalue weighted by molar-refractivity contribution is 0.0573. The molecular formula is C15H20FNO. The molecule has 1 amide bonds. The summed E-state index contributed by atoms with van der Waals surface area (Å²) in [5.41, 5.74) is 1.34. The van der Waals surface area contributed by atoms with Crippen LogP contribution in [-0.4, -0.2) is 23.4 Å². The van der Waals surface area contributed by atoms with E-state index in [4.69, 9.17) is 0 Å². The van der Waals surface area contributed by atoms with Gasteiger partial charge in [-0.05, 0) is 56.4 Å². The van der Waals surface area contributed by atoms with E-state index in [-0.39, 0.29) is 17.8 Å². The second-order valence-corrected chi connectivity index (χ2v) is 5.45. The Balaban J connectivity index is 2.24. The molecule has 0 bridgehead atoms. The maximum Gasteiger partial charge on any atom is 0.254 e. The van der Waals surface area contributed by atoms with E-state index >= 15 is 0 Å². The molecule has 1 aromatic rings. The highest BCUT2D eigenvalue weighted by molar-refractivity contribution is 5.95. The van der Waals surface area contributed by atoms with Crippen LogP contribution >= 0.6 is 0 Å². The average Bonchev–Trinajstić information content (AvgIpc) is 2.31. The molecule has 2 rings (SSSR count). The maximum atomic E-state index is 13.1. The fourth-order valence-electron chi connectivity index (χ4n) is 2.59. The summed E-state index contributed by atoms with van der Waals surface area (Å²) in [5.74, 6) is 0.293. The van der Waals surface area contributed by atoms with Crippen LogP contribution in [0, 0.1) is 18.7 Å². The van der Waals surface area contributed by atoms with E-state index in [2.05, 4.69) is 13.8 Å². The largest absolute Gasteiger partial charge is 0.336 e. The van der Waals surface area contributed by atoms with Crippen molar-refractivity contribution in [2.75, 3.05) is 6.54 Å². The molecule has 1 fully saturated rings. The molecule has 0 saturated carbocycles. The standard InChI is InChI=1S/C15H20FNO/c1-10-4-5-12(3)17(9-10)15(18)14-7-6-13(16)8-11(14)2/h6-8,10,12H,4-5,9H2,1-3H3. The third kappa shape index (κ3) is 2.55. The van der Waals surface area contributed by atoms with E-state index in [1.165, 1.54) is 18.6 Å². The smallest absolute Gasteiger partial charge is 0.254 e. The highest BCUT2D eigenvalue weighted by Crippen LogP contribution is 2.24. The Morgan fingerprint density at radius 1 is 1.33 bits per heavy atom. The first-order valence-corrected chi connectivity index (χ1v) is 6.56. The van der Waals surface area contributed by atoms with E-state index in [0.29, 0.717) is 17.0 Å². The molecule has 1 aliphatic heterocycles. The van der Waals surface area contributed by atoms with Crippen LogP contribution in [0.15, 0.2) is 18.2 Å². The molecule has 98 valence electrons. The van der Waals surface area contributed by atoms with E-state index in [9.17, 15) is 9.18 Å². The molecule has 0 N–H and O–H groups in total. The zero-order valence-corrected chi connectivity index (χ0v) is 11.2. The summed E-state index contributed by atoms with van der Waals surface area (Å²) in [7, 11) is 0. The first-order valence-electron chi connectivity index (χ1n) is 6.56. The second kappa shape index (κ2) is 5.09. The predicted octanol–water partition coefficient (Wildman–Crippen LogP) is 3.39. The van der Waals surface area contributed by atoms with Crippen molar-refractivity contribution in [3.63, 3.8) is 0 Å². The van der Waals surface area contributed by atoms with Gasteiger partial charge in [0.25, 0.3) is 5.91 Å². The zero-order chi connectivity index (χ0) is 13.3.